The lowest BCUT2D eigenvalue weighted by atomic mass is 9.97. The fourth-order valence-corrected chi connectivity index (χ4v) is 8.88. The van der Waals surface area contributed by atoms with Crippen molar-refractivity contribution in [1.29, 1.82) is 0 Å². The Morgan fingerprint density at radius 2 is 0.935 bits per heavy atom. The molecule has 0 saturated carbocycles. The fourth-order valence-electron chi connectivity index (χ4n) is 8.88. The zero-order valence-electron chi connectivity index (χ0n) is 36.0. The molecule has 4 unspecified atom stereocenters. The van der Waals surface area contributed by atoms with E-state index in [1.807, 2.05) is 49.9 Å². The number of fused-ring (bicyclic) bond motifs is 2. The van der Waals surface area contributed by atoms with E-state index in [-0.39, 0.29) is 35.7 Å². The molecule has 2 aromatic heterocycles. The first-order valence-electron chi connectivity index (χ1n) is 21.4. The van der Waals surface area contributed by atoms with E-state index in [0.29, 0.717) is 13.1 Å². The summed E-state index contributed by atoms with van der Waals surface area (Å²) in [5, 5.41) is 9.84. The van der Waals surface area contributed by atoms with Crippen LogP contribution in [0.15, 0.2) is 85.2 Å². The Kier molecular flexibility index (Phi) is 12.0. The number of hydrogen-bond donors (Lipinski definition) is 4. The van der Waals surface area contributed by atoms with Crippen molar-refractivity contribution < 1.29 is 28.7 Å². The van der Waals surface area contributed by atoms with Crippen molar-refractivity contribution in [2.75, 3.05) is 27.3 Å². The minimum absolute atomic E-state index is 0.105. The van der Waals surface area contributed by atoms with Crippen LogP contribution < -0.4 is 10.6 Å². The third kappa shape index (κ3) is 8.46. The predicted molar refractivity (Wildman–Crippen MR) is 238 cm³/mol. The molecule has 2 aliphatic heterocycles. The lowest BCUT2D eigenvalue weighted by Gasteiger charge is -2.30. The van der Waals surface area contributed by atoms with Gasteiger partial charge in [-0.2, -0.15) is 0 Å². The number of nitrogens with one attached hydrogen (secondary N) is 4. The van der Waals surface area contributed by atoms with Gasteiger partial charge < -0.3 is 39.9 Å². The van der Waals surface area contributed by atoms with Crippen molar-refractivity contribution >= 4 is 45.5 Å². The Labute approximate surface area is 360 Å². The standard InChI is InChI=1S/C48H54N8O6/c1-27(2)41(53-47(59)61-5)45(57)55-19-7-9-39(55)43-49-25-37(51-43)35-17-15-31-21-29(11-13-33(31)23-35)30-12-14-34-24-36(18-16-32(34)22-30)38-26-50-44(52-38)40-10-8-20-56(40)46(58)42(28(3)4)54-48(60)62-6/h11-18,21-28,39-42H,7-10,19-20H2,1-6H3,(H,49,51)(H,50,52)(H,53,59)(H,54,60). The molecule has 14 nitrogen and oxygen atoms in total. The molecular weight excluding hydrogens is 785 g/mol. The summed E-state index contributed by atoms with van der Waals surface area (Å²) in [4.78, 5) is 71.3. The number of imidazole rings is 2. The number of aromatic amines is 2. The highest BCUT2D eigenvalue weighted by molar-refractivity contribution is 5.94. The maximum absolute atomic E-state index is 13.6. The van der Waals surface area contributed by atoms with Gasteiger partial charge in [0, 0.05) is 24.2 Å². The number of carbonyl (C=O) groups excluding carboxylic acids is 4. The molecule has 8 rings (SSSR count). The number of aromatic nitrogens is 4. The van der Waals surface area contributed by atoms with E-state index >= 15 is 0 Å². The van der Waals surface area contributed by atoms with Gasteiger partial charge in [0.25, 0.3) is 0 Å². The SMILES string of the molecule is COC(=O)NC(C(=O)N1CCCC1c1ncc(-c2ccc3cc(-c4ccc5cc(-c6cnc(C7CCCN7C(=O)C(NC(=O)OC)C(C)C)[nH]6)ccc5c4)ccc3c2)[nH]1)C(C)C. The lowest BCUT2D eigenvalue weighted by molar-refractivity contribution is -0.136. The van der Waals surface area contributed by atoms with Gasteiger partial charge in [0.2, 0.25) is 11.8 Å². The van der Waals surface area contributed by atoms with Gasteiger partial charge in [-0.3, -0.25) is 9.59 Å². The molecule has 4 heterocycles. The number of benzene rings is 4. The Balaban J connectivity index is 0.957. The van der Waals surface area contributed by atoms with Gasteiger partial charge in [0.15, 0.2) is 0 Å². The number of nitrogens with zero attached hydrogens (tertiary/aromatic N) is 4. The zero-order valence-corrected chi connectivity index (χ0v) is 36.0. The molecule has 6 aromatic rings. The molecule has 4 aromatic carbocycles. The number of likely N-dealkylation sites (tertiary alicyclic amines) is 2. The summed E-state index contributed by atoms with van der Waals surface area (Å²) in [5.41, 5.74) is 5.98. The van der Waals surface area contributed by atoms with Gasteiger partial charge >= 0.3 is 12.2 Å². The van der Waals surface area contributed by atoms with Crippen LogP contribution in [0.4, 0.5) is 9.59 Å². The molecule has 2 aliphatic rings. The number of ether oxygens (including phenoxy) is 2. The average Bonchev–Trinajstić information content (AvgIpc) is 4.13. The molecule has 2 fully saturated rings. The number of methoxy groups -OCH3 is 2. The molecule has 14 heteroatoms. The summed E-state index contributed by atoms with van der Waals surface area (Å²) in [6, 6.07) is 23.9. The molecule has 62 heavy (non-hydrogen) atoms. The normalized spacial score (nSPS) is 17.5. The highest BCUT2D eigenvalue weighted by Crippen LogP contribution is 2.36. The molecule has 2 saturated heterocycles. The van der Waals surface area contributed by atoms with Crippen LogP contribution in [0, 0.1) is 11.8 Å². The number of hydrogen-bond acceptors (Lipinski definition) is 8. The summed E-state index contributed by atoms with van der Waals surface area (Å²) in [5.74, 6) is 0.984. The predicted octanol–water partition coefficient (Wildman–Crippen LogP) is 8.53. The first-order valence-corrected chi connectivity index (χ1v) is 21.4. The largest absolute Gasteiger partial charge is 0.453 e. The van der Waals surface area contributed by atoms with E-state index in [9.17, 15) is 19.2 Å². The van der Waals surface area contributed by atoms with Crippen molar-refractivity contribution in [3.8, 4) is 33.6 Å². The third-order valence-electron chi connectivity index (χ3n) is 12.3. The first kappa shape index (κ1) is 42.0. The molecule has 0 radical (unpaired) electrons. The summed E-state index contributed by atoms with van der Waals surface area (Å²) in [7, 11) is 2.59. The van der Waals surface area contributed by atoms with Crippen molar-refractivity contribution in [2.24, 2.45) is 11.8 Å². The summed E-state index contributed by atoms with van der Waals surface area (Å²) in [6.45, 7) is 8.82. The maximum atomic E-state index is 13.6. The van der Waals surface area contributed by atoms with Crippen molar-refractivity contribution in [3.05, 3.63) is 96.8 Å². The third-order valence-corrected chi connectivity index (χ3v) is 12.3. The Bertz CT molecular complexity index is 2450. The molecule has 0 spiro atoms. The number of alkyl carbamates (subject to hydrolysis) is 2. The number of rotatable bonds is 11. The van der Waals surface area contributed by atoms with E-state index in [0.717, 1.165) is 92.5 Å². The second-order valence-corrected chi connectivity index (χ2v) is 17.0. The van der Waals surface area contributed by atoms with Crippen LogP contribution in [0.25, 0.3) is 55.2 Å². The van der Waals surface area contributed by atoms with E-state index < -0.39 is 24.3 Å². The summed E-state index contributed by atoms with van der Waals surface area (Å²) < 4.78 is 9.55. The minimum Gasteiger partial charge on any atom is -0.453 e. The average molecular weight is 839 g/mol. The first-order chi connectivity index (χ1) is 29.9. The van der Waals surface area contributed by atoms with Crippen LogP contribution in [-0.2, 0) is 19.1 Å². The fraction of sp³-hybridized carbons (Fsp3) is 0.375. The number of H-pyrrole nitrogens is 2. The smallest absolute Gasteiger partial charge is 0.407 e. The van der Waals surface area contributed by atoms with Gasteiger partial charge in [0.1, 0.15) is 23.7 Å². The van der Waals surface area contributed by atoms with Crippen LogP contribution in [0.1, 0.15) is 77.1 Å². The number of amides is 4. The van der Waals surface area contributed by atoms with Crippen LogP contribution in [-0.4, -0.2) is 93.1 Å². The van der Waals surface area contributed by atoms with Gasteiger partial charge in [-0.25, -0.2) is 19.6 Å². The highest BCUT2D eigenvalue weighted by atomic mass is 16.5. The summed E-state index contributed by atoms with van der Waals surface area (Å²) in [6.07, 6.45) is 5.68. The Hall–Kier alpha value is -6.70. The maximum Gasteiger partial charge on any atom is 0.407 e. The van der Waals surface area contributed by atoms with E-state index in [2.05, 4.69) is 93.4 Å². The molecular formula is C48H54N8O6. The second-order valence-electron chi connectivity index (χ2n) is 17.0. The van der Waals surface area contributed by atoms with Crippen molar-refractivity contribution in [3.63, 3.8) is 0 Å². The summed E-state index contributed by atoms with van der Waals surface area (Å²) >= 11 is 0. The molecule has 4 N–H and O–H groups in total. The molecule has 322 valence electrons. The topological polar surface area (TPSA) is 175 Å². The van der Waals surface area contributed by atoms with Gasteiger partial charge in [0.05, 0.1) is 50.1 Å². The van der Waals surface area contributed by atoms with E-state index in [1.165, 1.54) is 14.2 Å². The Morgan fingerprint density at radius 3 is 1.29 bits per heavy atom. The van der Waals surface area contributed by atoms with Crippen molar-refractivity contribution in [2.45, 2.75) is 77.5 Å². The van der Waals surface area contributed by atoms with E-state index in [1.54, 1.807) is 0 Å². The zero-order chi connectivity index (χ0) is 43.7. The molecule has 0 aliphatic carbocycles. The van der Waals surface area contributed by atoms with Crippen LogP contribution in [0.3, 0.4) is 0 Å². The highest BCUT2D eigenvalue weighted by Gasteiger charge is 2.39. The van der Waals surface area contributed by atoms with Gasteiger partial charge in [-0.1, -0.05) is 76.2 Å². The van der Waals surface area contributed by atoms with Gasteiger partial charge in [-0.15, -0.1) is 0 Å². The lowest BCUT2D eigenvalue weighted by Crippen LogP contribution is -2.51. The monoisotopic (exact) mass is 838 g/mol. The van der Waals surface area contributed by atoms with Gasteiger partial charge in [-0.05, 0) is 94.5 Å². The number of carbonyl (C=O) groups is 4. The Morgan fingerprint density at radius 1 is 0.581 bits per heavy atom. The molecule has 0 bridgehead atoms. The minimum atomic E-state index is -0.688. The van der Waals surface area contributed by atoms with Crippen LogP contribution in [0.5, 0.6) is 0 Å². The quantitative estimate of drug-likeness (QED) is 0.100. The molecule has 4 atom stereocenters. The van der Waals surface area contributed by atoms with Crippen molar-refractivity contribution in [1.82, 2.24) is 40.4 Å². The van der Waals surface area contributed by atoms with Crippen LogP contribution in [0.2, 0.25) is 0 Å². The van der Waals surface area contributed by atoms with E-state index in [4.69, 9.17) is 19.4 Å². The van der Waals surface area contributed by atoms with Crippen LogP contribution >= 0.6 is 0 Å². The molecule has 4 amide bonds. The second kappa shape index (κ2) is 17.7.